The number of rotatable bonds is 4. The van der Waals surface area contributed by atoms with E-state index in [2.05, 4.69) is 36.3 Å². The van der Waals surface area contributed by atoms with Crippen LogP contribution in [0, 0.1) is 0 Å². The van der Waals surface area contributed by atoms with Crippen LogP contribution in [0.25, 0.3) is 0 Å². The maximum absolute atomic E-state index is 3.63. The van der Waals surface area contributed by atoms with Gasteiger partial charge in [-0.1, -0.05) is 6.92 Å². The Morgan fingerprint density at radius 2 is 2.27 bits per heavy atom. The van der Waals surface area contributed by atoms with Crippen LogP contribution in [0.3, 0.4) is 0 Å². The number of thiophene rings is 1. The Morgan fingerprint density at radius 3 is 2.87 bits per heavy atom. The van der Waals surface area contributed by atoms with Crippen LogP contribution >= 0.6 is 11.3 Å². The molecule has 2 rings (SSSR count). The molecule has 2 nitrogen and oxygen atoms in total. The van der Waals surface area contributed by atoms with Gasteiger partial charge in [0.1, 0.15) is 0 Å². The second-order valence-electron chi connectivity index (χ2n) is 4.35. The topological polar surface area (TPSA) is 15.3 Å². The van der Waals surface area contributed by atoms with Crippen molar-refractivity contribution in [3.8, 4) is 0 Å². The maximum Gasteiger partial charge on any atom is 0.0302 e. The van der Waals surface area contributed by atoms with Crippen molar-refractivity contribution in [3.05, 3.63) is 21.9 Å². The molecule has 0 bridgehead atoms. The SMILES string of the molecule is CCc1ccc(CNC2CCN(C)C2)s1. The van der Waals surface area contributed by atoms with Gasteiger partial charge in [0.15, 0.2) is 0 Å². The molecular weight excluding hydrogens is 204 g/mol. The Kier molecular flexibility index (Phi) is 3.78. The van der Waals surface area contributed by atoms with Crippen molar-refractivity contribution >= 4 is 11.3 Å². The standard InChI is InChI=1S/C12H20N2S/c1-3-11-4-5-12(15-11)8-13-10-6-7-14(2)9-10/h4-5,10,13H,3,6-9H2,1-2H3. The molecule has 0 aromatic carbocycles. The third-order valence-electron chi connectivity index (χ3n) is 3.02. The molecule has 1 unspecified atom stereocenters. The molecular formula is C12H20N2S. The number of hydrogen-bond donors (Lipinski definition) is 1. The van der Waals surface area contributed by atoms with Gasteiger partial charge in [-0.15, -0.1) is 11.3 Å². The Morgan fingerprint density at radius 1 is 1.47 bits per heavy atom. The van der Waals surface area contributed by atoms with Crippen LogP contribution in [0.15, 0.2) is 12.1 Å². The summed E-state index contributed by atoms with van der Waals surface area (Å²) in [4.78, 5) is 5.36. The first-order valence-corrected chi connectivity index (χ1v) is 6.59. The third-order valence-corrected chi connectivity index (χ3v) is 4.25. The van der Waals surface area contributed by atoms with E-state index in [-0.39, 0.29) is 0 Å². The van der Waals surface area contributed by atoms with Gasteiger partial charge in [-0.25, -0.2) is 0 Å². The van der Waals surface area contributed by atoms with Gasteiger partial charge in [0.25, 0.3) is 0 Å². The summed E-state index contributed by atoms with van der Waals surface area (Å²) in [6, 6.07) is 5.21. The van der Waals surface area contributed by atoms with Gasteiger partial charge in [-0.3, -0.25) is 0 Å². The molecule has 1 aromatic rings. The van der Waals surface area contributed by atoms with Crippen molar-refractivity contribution in [2.75, 3.05) is 20.1 Å². The summed E-state index contributed by atoms with van der Waals surface area (Å²) in [5.41, 5.74) is 0. The summed E-state index contributed by atoms with van der Waals surface area (Å²) < 4.78 is 0. The van der Waals surface area contributed by atoms with Crippen molar-refractivity contribution in [1.82, 2.24) is 10.2 Å². The fraction of sp³-hybridized carbons (Fsp3) is 0.667. The molecule has 2 heterocycles. The monoisotopic (exact) mass is 224 g/mol. The second kappa shape index (κ2) is 5.10. The average molecular weight is 224 g/mol. The first-order valence-electron chi connectivity index (χ1n) is 5.77. The molecule has 3 heteroatoms. The summed E-state index contributed by atoms with van der Waals surface area (Å²) in [5.74, 6) is 0. The van der Waals surface area contributed by atoms with Gasteiger partial charge in [0.05, 0.1) is 0 Å². The number of likely N-dealkylation sites (N-methyl/N-ethyl adjacent to an activating group) is 1. The molecule has 1 aromatic heterocycles. The van der Waals surface area contributed by atoms with Gasteiger partial charge in [0.2, 0.25) is 0 Å². The molecule has 0 spiro atoms. The minimum atomic E-state index is 0.696. The van der Waals surface area contributed by atoms with Gasteiger partial charge < -0.3 is 10.2 Å². The van der Waals surface area contributed by atoms with Crippen LogP contribution in [-0.4, -0.2) is 31.1 Å². The number of nitrogens with zero attached hydrogens (tertiary/aromatic N) is 1. The molecule has 84 valence electrons. The lowest BCUT2D eigenvalue weighted by atomic mass is 10.2. The number of aryl methyl sites for hydroxylation is 1. The molecule has 1 aliphatic heterocycles. The highest BCUT2D eigenvalue weighted by Crippen LogP contribution is 2.17. The fourth-order valence-electron chi connectivity index (χ4n) is 2.05. The second-order valence-corrected chi connectivity index (χ2v) is 5.60. The fourth-order valence-corrected chi connectivity index (χ4v) is 2.96. The lowest BCUT2D eigenvalue weighted by molar-refractivity contribution is 0.398. The van der Waals surface area contributed by atoms with Gasteiger partial charge in [-0.2, -0.15) is 0 Å². The largest absolute Gasteiger partial charge is 0.308 e. The van der Waals surface area contributed by atoms with Crippen molar-refractivity contribution in [2.45, 2.75) is 32.4 Å². The maximum atomic E-state index is 3.63. The zero-order valence-corrected chi connectivity index (χ0v) is 10.4. The first kappa shape index (κ1) is 11.1. The van der Waals surface area contributed by atoms with Crippen molar-refractivity contribution in [2.24, 2.45) is 0 Å². The highest BCUT2D eigenvalue weighted by molar-refractivity contribution is 7.11. The molecule has 1 aliphatic rings. The minimum Gasteiger partial charge on any atom is -0.308 e. The highest BCUT2D eigenvalue weighted by atomic mass is 32.1. The lowest BCUT2D eigenvalue weighted by Crippen LogP contribution is -2.30. The smallest absolute Gasteiger partial charge is 0.0302 e. The number of hydrogen-bond acceptors (Lipinski definition) is 3. The highest BCUT2D eigenvalue weighted by Gasteiger charge is 2.18. The molecule has 1 saturated heterocycles. The van der Waals surface area contributed by atoms with E-state index >= 15 is 0 Å². The van der Waals surface area contributed by atoms with Crippen molar-refractivity contribution < 1.29 is 0 Å². The van der Waals surface area contributed by atoms with Crippen molar-refractivity contribution in [1.29, 1.82) is 0 Å². The van der Waals surface area contributed by atoms with Crippen LogP contribution in [0.2, 0.25) is 0 Å². The minimum absolute atomic E-state index is 0.696. The molecule has 0 saturated carbocycles. The zero-order chi connectivity index (χ0) is 10.7. The van der Waals surface area contributed by atoms with Crippen LogP contribution in [0.5, 0.6) is 0 Å². The van der Waals surface area contributed by atoms with Gasteiger partial charge in [-0.05, 0) is 38.6 Å². The first-order chi connectivity index (χ1) is 7.28. The van der Waals surface area contributed by atoms with E-state index in [1.54, 1.807) is 0 Å². The summed E-state index contributed by atoms with van der Waals surface area (Å²) in [6.07, 6.45) is 2.46. The van der Waals surface area contributed by atoms with Gasteiger partial charge in [0, 0.05) is 28.9 Å². The van der Waals surface area contributed by atoms with E-state index in [0.717, 1.165) is 13.0 Å². The van der Waals surface area contributed by atoms with Crippen LogP contribution in [-0.2, 0) is 13.0 Å². The summed E-state index contributed by atoms with van der Waals surface area (Å²) >= 11 is 1.94. The van der Waals surface area contributed by atoms with E-state index in [4.69, 9.17) is 0 Å². The third kappa shape index (κ3) is 3.03. The van der Waals surface area contributed by atoms with E-state index in [0.29, 0.717) is 6.04 Å². The van der Waals surface area contributed by atoms with Crippen molar-refractivity contribution in [3.63, 3.8) is 0 Å². The Bertz CT molecular complexity index is 308. The lowest BCUT2D eigenvalue weighted by Gasteiger charge is -2.11. The van der Waals surface area contributed by atoms with Crippen LogP contribution < -0.4 is 5.32 Å². The summed E-state index contributed by atoms with van der Waals surface area (Å²) in [6.45, 7) is 5.70. The normalized spacial score (nSPS) is 22.4. The Balaban J connectivity index is 1.77. The number of likely N-dealkylation sites (tertiary alicyclic amines) is 1. The van der Waals surface area contributed by atoms with E-state index < -0.39 is 0 Å². The van der Waals surface area contributed by atoms with Gasteiger partial charge >= 0.3 is 0 Å². The predicted molar refractivity (Wildman–Crippen MR) is 66.4 cm³/mol. The zero-order valence-electron chi connectivity index (χ0n) is 9.62. The van der Waals surface area contributed by atoms with E-state index in [9.17, 15) is 0 Å². The summed E-state index contributed by atoms with van der Waals surface area (Å²) in [5, 5.41) is 3.63. The molecule has 15 heavy (non-hydrogen) atoms. The molecule has 1 fully saturated rings. The predicted octanol–water partition coefficient (Wildman–Crippen LogP) is 2.10. The molecule has 0 amide bonds. The van der Waals surface area contributed by atoms with E-state index in [1.165, 1.54) is 29.3 Å². The molecule has 1 atom stereocenters. The molecule has 0 aliphatic carbocycles. The Labute approximate surface area is 96.3 Å². The summed E-state index contributed by atoms with van der Waals surface area (Å²) in [7, 11) is 2.20. The quantitative estimate of drug-likeness (QED) is 0.842. The molecule has 0 radical (unpaired) electrons. The van der Waals surface area contributed by atoms with Crippen LogP contribution in [0.4, 0.5) is 0 Å². The molecule has 1 N–H and O–H groups in total. The number of nitrogens with one attached hydrogen (secondary N) is 1. The van der Waals surface area contributed by atoms with Crippen LogP contribution in [0.1, 0.15) is 23.1 Å². The Hall–Kier alpha value is -0.380. The average Bonchev–Trinajstić information content (AvgIpc) is 2.83. The van der Waals surface area contributed by atoms with E-state index in [1.807, 2.05) is 11.3 Å².